The topological polar surface area (TPSA) is 54.2 Å². The molecule has 0 unspecified atom stereocenters. The van der Waals surface area contributed by atoms with Crippen molar-refractivity contribution >= 4 is 5.96 Å². The Morgan fingerprint density at radius 1 is 1.00 bits per heavy atom. The Morgan fingerprint density at radius 3 is 2.52 bits per heavy atom. The van der Waals surface area contributed by atoms with Crippen molar-refractivity contribution in [3.05, 3.63) is 83.4 Å². The van der Waals surface area contributed by atoms with Crippen molar-refractivity contribution in [1.82, 2.24) is 20.4 Å². The van der Waals surface area contributed by atoms with E-state index in [1.54, 1.807) is 16.8 Å². The molecule has 152 valence electrons. The second-order valence-electron chi connectivity index (χ2n) is 6.34. The van der Waals surface area contributed by atoms with Gasteiger partial charge in [0.2, 0.25) is 0 Å². The summed E-state index contributed by atoms with van der Waals surface area (Å²) in [4.78, 5) is 4.30. The number of hydrogen-bond acceptors (Lipinski definition) is 2. The summed E-state index contributed by atoms with van der Waals surface area (Å²) in [5.41, 5.74) is 1.83. The predicted molar refractivity (Wildman–Crippen MR) is 106 cm³/mol. The van der Waals surface area contributed by atoms with Gasteiger partial charge in [-0.25, -0.2) is 22.8 Å². The normalized spacial score (nSPS) is 11.5. The number of guanidine groups is 1. The van der Waals surface area contributed by atoms with E-state index in [0.29, 0.717) is 25.5 Å². The Labute approximate surface area is 167 Å². The zero-order chi connectivity index (χ0) is 20.6. The molecule has 0 saturated carbocycles. The van der Waals surface area contributed by atoms with Crippen molar-refractivity contribution in [2.75, 3.05) is 13.1 Å². The molecule has 2 aromatic carbocycles. The molecular formula is C21H22F3N5. The molecule has 1 heterocycles. The van der Waals surface area contributed by atoms with E-state index in [-0.39, 0.29) is 17.9 Å². The molecule has 3 aromatic rings. The molecule has 2 N–H and O–H groups in total. The van der Waals surface area contributed by atoms with Crippen LogP contribution in [0.5, 0.6) is 0 Å². The fraction of sp³-hybridized carbons (Fsp3) is 0.238. The molecule has 0 aliphatic rings. The molecule has 0 atom stereocenters. The SMILES string of the molecule is CCNC(=NCc1cc(F)ccc1F)NCCc1ccn(-c2ccc(F)cc2)n1. The maximum atomic E-state index is 13.7. The smallest absolute Gasteiger partial charge is 0.191 e. The summed E-state index contributed by atoms with van der Waals surface area (Å²) >= 11 is 0. The number of hydrogen-bond donors (Lipinski definition) is 2. The summed E-state index contributed by atoms with van der Waals surface area (Å²) in [5, 5.41) is 10.7. The maximum Gasteiger partial charge on any atom is 0.191 e. The van der Waals surface area contributed by atoms with Gasteiger partial charge in [0, 0.05) is 31.3 Å². The van der Waals surface area contributed by atoms with Crippen LogP contribution in [-0.2, 0) is 13.0 Å². The quantitative estimate of drug-likeness (QED) is 0.470. The summed E-state index contributed by atoms with van der Waals surface area (Å²) in [6, 6.07) is 11.3. The minimum Gasteiger partial charge on any atom is -0.357 e. The first-order valence-corrected chi connectivity index (χ1v) is 9.31. The molecule has 0 spiro atoms. The highest BCUT2D eigenvalue weighted by atomic mass is 19.1. The number of benzene rings is 2. The highest BCUT2D eigenvalue weighted by Crippen LogP contribution is 2.11. The number of aliphatic imine (C=N–C) groups is 1. The van der Waals surface area contributed by atoms with E-state index >= 15 is 0 Å². The van der Waals surface area contributed by atoms with Gasteiger partial charge in [-0.2, -0.15) is 5.10 Å². The lowest BCUT2D eigenvalue weighted by atomic mass is 10.2. The van der Waals surface area contributed by atoms with E-state index in [2.05, 4.69) is 20.7 Å². The maximum absolute atomic E-state index is 13.7. The van der Waals surface area contributed by atoms with Crippen molar-refractivity contribution in [3.8, 4) is 5.69 Å². The summed E-state index contributed by atoms with van der Waals surface area (Å²) in [5.74, 6) is -0.767. The molecule has 0 aliphatic heterocycles. The van der Waals surface area contributed by atoms with Crippen LogP contribution in [-0.4, -0.2) is 28.8 Å². The molecule has 8 heteroatoms. The second-order valence-corrected chi connectivity index (χ2v) is 6.34. The lowest BCUT2D eigenvalue weighted by Gasteiger charge is -2.11. The Bertz CT molecular complexity index is 967. The van der Waals surface area contributed by atoms with Crippen LogP contribution in [0.2, 0.25) is 0 Å². The minimum atomic E-state index is -0.494. The molecule has 29 heavy (non-hydrogen) atoms. The van der Waals surface area contributed by atoms with Crippen LogP contribution in [0.25, 0.3) is 5.69 Å². The largest absolute Gasteiger partial charge is 0.357 e. The number of nitrogens with one attached hydrogen (secondary N) is 2. The summed E-state index contributed by atoms with van der Waals surface area (Å²) in [6.45, 7) is 3.14. The van der Waals surface area contributed by atoms with E-state index in [4.69, 9.17) is 0 Å². The minimum absolute atomic E-state index is 0.0259. The fourth-order valence-electron chi connectivity index (χ4n) is 2.71. The molecule has 0 aliphatic carbocycles. The number of halogens is 3. The lowest BCUT2D eigenvalue weighted by Crippen LogP contribution is -2.38. The monoisotopic (exact) mass is 401 g/mol. The molecule has 1 aromatic heterocycles. The van der Waals surface area contributed by atoms with E-state index in [1.807, 2.05) is 19.2 Å². The van der Waals surface area contributed by atoms with E-state index in [9.17, 15) is 13.2 Å². The van der Waals surface area contributed by atoms with Gasteiger partial charge in [-0.15, -0.1) is 0 Å². The highest BCUT2D eigenvalue weighted by Gasteiger charge is 2.06. The highest BCUT2D eigenvalue weighted by molar-refractivity contribution is 5.79. The van der Waals surface area contributed by atoms with Crippen LogP contribution in [0.1, 0.15) is 18.2 Å². The molecule has 0 fully saturated rings. The van der Waals surface area contributed by atoms with Gasteiger partial charge >= 0.3 is 0 Å². The zero-order valence-corrected chi connectivity index (χ0v) is 16.0. The van der Waals surface area contributed by atoms with Crippen LogP contribution in [0, 0.1) is 17.5 Å². The molecule has 0 amide bonds. The molecular weight excluding hydrogens is 379 g/mol. The van der Waals surface area contributed by atoms with Gasteiger partial charge < -0.3 is 10.6 Å². The van der Waals surface area contributed by atoms with Crippen LogP contribution >= 0.6 is 0 Å². The fourth-order valence-corrected chi connectivity index (χ4v) is 2.71. The van der Waals surface area contributed by atoms with Crippen LogP contribution in [0.4, 0.5) is 13.2 Å². The van der Waals surface area contributed by atoms with E-state index in [1.165, 1.54) is 12.1 Å². The molecule has 0 bridgehead atoms. The lowest BCUT2D eigenvalue weighted by molar-refractivity contribution is 0.585. The van der Waals surface area contributed by atoms with Gasteiger partial charge in [0.05, 0.1) is 17.9 Å². The molecule has 5 nitrogen and oxygen atoms in total. The van der Waals surface area contributed by atoms with Gasteiger partial charge in [-0.3, -0.25) is 0 Å². The molecule has 3 rings (SSSR count). The van der Waals surface area contributed by atoms with Crippen LogP contribution in [0.3, 0.4) is 0 Å². The van der Waals surface area contributed by atoms with Crippen molar-refractivity contribution in [1.29, 1.82) is 0 Å². The van der Waals surface area contributed by atoms with Crippen molar-refractivity contribution in [2.45, 2.75) is 19.9 Å². The summed E-state index contributed by atoms with van der Waals surface area (Å²) < 4.78 is 41.7. The first-order chi connectivity index (χ1) is 14.0. The van der Waals surface area contributed by atoms with E-state index in [0.717, 1.165) is 29.6 Å². The number of aromatic nitrogens is 2. The Balaban J connectivity index is 1.57. The first-order valence-electron chi connectivity index (χ1n) is 9.31. The van der Waals surface area contributed by atoms with Crippen molar-refractivity contribution < 1.29 is 13.2 Å². The zero-order valence-electron chi connectivity index (χ0n) is 16.0. The third kappa shape index (κ3) is 5.84. The third-order valence-electron chi connectivity index (χ3n) is 4.17. The molecule has 0 saturated heterocycles. The standard InChI is InChI=1S/C21H22F3N5/c1-2-25-21(27-14-15-13-17(23)5-8-20(15)24)26-11-9-18-10-12-29(28-18)19-6-3-16(22)4-7-19/h3-8,10,12-13H,2,9,11,14H2,1H3,(H2,25,26,27). The average Bonchev–Trinajstić information content (AvgIpc) is 3.18. The van der Waals surface area contributed by atoms with E-state index < -0.39 is 11.6 Å². The summed E-state index contributed by atoms with van der Waals surface area (Å²) in [7, 11) is 0. The predicted octanol–water partition coefficient (Wildman–Crippen LogP) is 3.59. The second kappa shape index (κ2) is 9.77. The number of nitrogens with zero attached hydrogens (tertiary/aromatic N) is 3. The Kier molecular flexibility index (Phi) is 6.89. The van der Waals surface area contributed by atoms with Gasteiger partial charge in [0.25, 0.3) is 0 Å². The van der Waals surface area contributed by atoms with Crippen LogP contribution in [0.15, 0.2) is 59.7 Å². The van der Waals surface area contributed by atoms with Crippen molar-refractivity contribution in [2.24, 2.45) is 4.99 Å². The van der Waals surface area contributed by atoms with Gasteiger partial charge in [0.1, 0.15) is 17.5 Å². The van der Waals surface area contributed by atoms with Gasteiger partial charge in [-0.05, 0) is 55.5 Å². The summed E-state index contributed by atoms with van der Waals surface area (Å²) in [6.07, 6.45) is 2.45. The Morgan fingerprint density at radius 2 is 1.76 bits per heavy atom. The van der Waals surface area contributed by atoms with Crippen LogP contribution < -0.4 is 10.6 Å². The van der Waals surface area contributed by atoms with Gasteiger partial charge in [0.15, 0.2) is 5.96 Å². The van der Waals surface area contributed by atoms with Gasteiger partial charge in [-0.1, -0.05) is 0 Å². The third-order valence-corrected chi connectivity index (χ3v) is 4.17. The number of rotatable bonds is 7. The molecule has 0 radical (unpaired) electrons. The average molecular weight is 401 g/mol. The Hall–Kier alpha value is -3.29. The first kappa shape index (κ1) is 20.4. The van der Waals surface area contributed by atoms with Crippen molar-refractivity contribution in [3.63, 3.8) is 0 Å².